The molecular formula is C15H29NO2. The summed E-state index contributed by atoms with van der Waals surface area (Å²) < 4.78 is 11.2. The number of unbranched alkanes of at least 4 members (excludes halogenated alkanes) is 1. The van der Waals surface area contributed by atoms with E-state index >= 15 is 0 Å². The van der Waals surface area contributed by atoms with Crippen LogP contribution < -0.4 is 5.32 Å². The Labute approximate surface area is 112 Å². The molecule has 0 aromatic carbocycles. The Morgan fingerprint density at radius 1 is 1.17 bits per heavy atom. The van der Waals surface area contributed by atoms with E-state index in [9.17, 15) is 0 Å². The Morgan fingerprint density at radius 2 is 2.00 bits per heavy atom. The molecule has 0 radical (unpaired) electrons. The molecule has 2 rings (SSSR count). The minimum absolute atomic E-state index is 0.112. The van der Waals surface area contributed by atoms with Crippen LogP contribution in [-0.2, 0) is 9.47 Å². The molecule has 0 amide bonds. The maximum atomic E-state index is 5.77. The summed E-state index contributed by atoms with van der Waals surface area (Å²) in [7, 11) is 0. The van der Waals surface area contributed by atoms with Crippen molar-refractivity contribution in [1.82, 2.24) is 5.32 Å². The fourth-order valence-corrected chi connectivity index (χ4v) is 3.05. The molecule has 0 aliphatic carbocycles. The van der Waals surface area contributed by atoms with Crippen LogP contribution >= 0.6 is 0 Å². The van der Waals surface area contributed by atoms with E-state index < -0.39 is 0 Å². The first-order valence-electron chi connectivity index (χ1n) is 7.71. The van der Waals surface area contributed by atoms with Gasteiger partial charge in [0.1, 0.15) is 0 Å². The summed E-state index contributed by atoms with van der Waals surface area (Å²) >= 11 is 0. The first-order valence-corrected chi connectivity index (χ1v) is 7.71. The molecule has 0 spiro atoms. The van der Waals surface area contributed by atoms with E-state index in [-0.39, 0.29) is 5.60 Å². The molecule has 0 saturated carbocycles. The molecule has 3 heteroatoms. The zero-order chi connectivity index (χ0) is 12.7. The van der Waals surface area contributed by atoms with E-state index in [4.69, 9.17) is 9.47 Å². The third-order valence-electron chi connectivity index (χ3n) is 4.36. The van der Waals surface area contributed by atoms with E-state index in [1.54, 1.807) is 0 Å². The van der Waals surface area contributed by atoms with Crippen LogP contribution in [-0.4, -0.2) is 38.5 Å². The number of hydrogen-bond acceptors (Lipinski definition) is 3. The molecule has 18 heavy (non-hydrogen) atoms. The quantitative estimate of drug-likeness (QED) is 0.710. The van der Waals surface area contributed by atoms with E-state index in [1.165, 1.54) is 44.9 Å². The topological polar surface area (TPSA) is 30.5 Å². The summed E-state index contributed by atoms with van der Waals surface area (Å²) in [6.07, 6.45) is 9.03. The summed E-state index contributed by atoms with van der Waals surface area (Å²) in [5, 5.41) is 3.56. The monoisotopic (exact) mass is 255 g/mol. The van der Waals surface area contributed by atoms with Gasteiger partial charge in [-0.1, -0.05) is 12.8 Å². The van der Waals surface area contributed by atoms with Gasteiger partial charge in [-0.25, -0.2) is 0 Å². The van der Waals surface area contributed by atoms with Gasteiger partial charge in [-0.3, -0.25) is 0 Å². The van der Waals surface area contributed by atoms with Crippen molar-refractivity contribution < 1.29 is 9.47 Å². The third kappa shape index (κ3) is 4.87. The Hall–Kier alpha value is -0.120. The van der Waals surface area contributed by atoms with Gasteiger partial charge in [0.15, 0.2) is 0 Å². The van der Waals surface area contributed by atoms with E-state index in [1.807, 2.05) is 0 Å². The van der Waals surface area contributed by atoms with Crippen LogP contribution in [0, 0.1) is 5.92 Å². The normalized spacial score (nSPS) is 29.8. The maximum absolute atomic E-state index is 5.77. The fourth-order valence-electron chi connectivity index (χ4n) is 3.05. The summed E-state index contributed by atoms with van der Waals surface area (Å²) in [5.74, 6) is 0.925. The van der Waals surface area contributed by atoms with Crippen LogP contribution in [0.25, 0.3) is 0 Å². The van der Waals surface area contributed by atoms with Crippen molar-refractivity contribution in [2.24, 2.45) is 5.92 Å². The maximum Gasteiger partial charge on any atom is 0.0779 e. The molecule has 1 N–H and O–H groups in total. The molecule has 1 unspecified atom stereocenters. The number of rotatable bonds is 7. The first-order chi connectivity index (χ1) is 8.79. The Bertz CT molecular complexity index is 221. The highest BCUT2D eigenvalue weighted by Gasteiger charge is 2.28. The highest BCUT2D eigenvalue weighted by atomic mass is 16.5. The van der Waals surface area contributed by atoms with Crippen LogP contribution in [0.3, 0.4) is 0 Å². The molecule has 0 bridgehead atoms. The lowest BCUT2D eigenvalue weighted by atomic mass is 9.94. The van der Waals surface area contributed by atoms with Crippen molar-refractivity contribution in [2.45, 2.75) is 57.5 Å². The van der Waals surface area contributed by atoms with Gasteiger partial charge < -0.3 is 14.8 Å². The van der Waals surface area contributed by atoms with Gasteiger partial charge in [0.05, 0.1) is 5.60 Å². The minimum Gasteiger partial charge on any atom is -0.381 e. The van der Waals surface area contributed by atoms with E-state index in [0.29, 0.717) is 0 Å². The molecule has 2 heterocycles. The molecule has 0 aromatic heterocycles. The van der Waals surface area contributed by atoms with Crippen molar-refractivity contribution in [3.8, 4) is 0 Å². The van der Waals surface area contributed by atoms with Gasteiger partial charge in [-0.15, -0.1) is 0 Å². The van der Waals surface area contributed by atoms with Crippen LogP contribution in [0.5, 0.6) is 0 Å². The zero-order valence-electron chi connectivity index (χ0n) is 11.9. The van der Waals surface area contributed by atoms with Crippen molar-refractivity contribution in [3.63, 3.8) is 0 Å². The van der Waals surface area contributed by atoms with Gasteiger partial charge >= 0.3 is 0 Å². The average molecular weight is 255 g/mol. The predicted octanol–water partition coefficient (Wildman–Crippen LogP) is 2.74. The second kappa shape index (κ2) is 7.46. The SMILES string of the molecule is CC1(CNCCCCC2CCOCC2)CCCO1. The van der Waals surface area contributed by atoms with Crippen LogP contribution in [0.15, 0.2) is 0 Å². The molecule has 3 nitrogen and oxygen atoms in total. The average Bonchev–Trinajstić information content (AvgIpc) is 2.82. The van der Waals surface area contributed by atoms with Crippen LogP contribution in [0.1, 0.15) is 51.9 Å². The molecule has 1 atom stereocenters. The zero-order valence-corrected chi connectivity index (χ0v) is 11.9. The smallest absolute Gasteiger partial charge is 0.0779 e. The third-order valence-corrected chi connectivity index (χ3v) is 4.36. The lowest BCUT2D eigenvalue weighted by Gasteiger charge is -2.24. The predicted molar refractivity (Wildman–Crippen MR) is 73.9 cm³/mol. The lowest BCUT2D eigenvalue weighted by Crippen LogP contribution is -2.37. The standard InChI is InChI=1S/C15H29NO2/c1-15(8-4-10-18-15)13-16-9-3-2-5-14-6-11-17-12-7-14/h14,16H,2-13H2,1H3. The van der Waals surface area contributed by atoms with E-state index in [0.717, 1.165) is 38.8 Å². The fraction of sp³-hybridized carbons (Fsp3) is 1.00. The largest absolute Gasteiger partial charge is 0.381 e. The number of ether oxygens (including phenoxy) is 2. The Morgan fingerprint density at radius 3 is 2.72 bits per heavy atom. The molecular weight excluding hydrogens is 226 g/mol. The van der Waals surface area contributed by atoms with Gasteiger partial charge in [-0.2, -0.15) is 0 Å². The molecule has 0 aromatic rings. The van der Waals surface area contributed by atoms with E-state index in [2.05, 4.69) is 12.2 Å². The molecule has 2 fully saturated rings. The van der Waals surface area contributed by atoms with Gasteiger partial charge in [-0.05, 0) is 51.5 Å². The molecule has 2 aliphatic heterocycles. The summed E-state index contributed by atoms with van der Waals surface area (Å²) in [6.45, 7) is 7.31. The highest BCUT2D eigenvalue weighted by molar-refractivity contribution is 4.82. The summed E-state index contributed by atoms with van der Waals surface area (Å²) in [4.78, 5) is 0. The first kappa shape index (κ1) is 14.3. The van der Waals surface area contributed by atoms with Crippen molar-refractivity contribution in [1.29, 1.82) is 0 Å². The second-order valence-corrected chi connectivity index (χ2v) is 6.13. The Kier molecular flexibility index (Phi) is 5.93. The highest BCUT2D eigenvalue weighted by Crippen LogP contribution is 2.24. The summed E-state index contributed by atoms with van der Waals surface area (Å²) in [5.41, 5.74) is 0.112. The van der Waals surface area contributed by atoms with Gasteiger partial charge in [0, 0.05) is 26.4 Å². The molecule has 2 aliphatic rings. The van der Waals surface area contributed by atoms with Crippen LogP contribution in [0.2, 0.25) is 0 Å². The van der Waals surface area contributed by atoms with Crippen LogP contribution in [0.4, 0.5) is 0 Å². The number of nitrogens with one attached hydrogen (secondary N) is 1. The lowest BCUT2D eigenvalue weighted by molar-refractivity contribution is 0.0209. The molecule has 106 valence electrons. The van der Waals surface area contributed by atoms with Crippen molar-refractivity contribution in [2.75, 3.05) is 32.9 Å². The summed E-state index contributed by atoms with van der Waals surface area (Å²) in [6, 6.07) is 0. The van der Waals surface area contributed by atoms with Gasteiger partial charge in [0.2, 0.25) is 0 Å². The second-order valence-electron chi connectivity index (χ2n) is 6.13. The Balaban J connectivity index is 1.43. The minimum atomic E-state index is 0.112. The number of hydrogen-bond donors (Lipinski definition) is 1. The van der Waals surface area contributed by atoms with Crippen molar-refractivity contribution >= 4 is 0 Å². The van der Waals surface area contributed by atoms with Crippen molar-refractivity contribution in [3.05, 3.63) is 0 Å². The molecule has 2 saturated heterocycles. The van der Waals surface area contributed by atoms with Gasteiger partial charge in [0.25, 0.3) is 0 Å².